The third kappa shape index (κ3) is 1.80. The van der Waals surface area contributed by atoms with E-state index in [4.69, 9.17) is 4.74 Å². The van der Waals surface area contributed by atoms with Crippen LogP contribution in [0.2, 0.25) is 0 Å². The van der Waals surface area contributed by atoms with E-state index in [2.05, 4.69) is 0 Å². The predicted octanol–water partition coefficient (Wildman–Crippen LogP) is 0.457. The molecule has 0 spiro atoms. The number of nitrogens with zero attached hydrogens (tertiary/aromatic N) is 1. The molecule has 1 amide bonds. The molecule has 4 heteroatoms. The van der Waals surface area contributed by atoms with Gasteiger partial charge in [0, 0.05) is 26.6 Å². The minimum Gasteiger partial charge on any atom is -0.381 e. The molecule has 0 aromatic heterocycles. The Balaban J connectivity index is 2.55. The molecule has 1 heterocycles. The predicted molar refractivity (Wildman–Crippen MR) is 51.8 cm³/mol. The summed E-state index contributed by atoms with van der Waals surface area (Å²) in [5.41, 5.74) is 0. The van der Waals surface area contributed by atoms with Gasteiger partial charge in [-0.15, -0.1) is 0 Å². The lowest BCUT2D eigenvalue weighted by atomic mass is 9.81. The molecule has 1 saturated heterocycles. The van der Waals surface area contributed by atoms with Crippen molar-refractivity contribution in [3.8, 4) is 0 Å². The van der Waals surface area contributed by atoms with Crippen molar-refractivity contribution >= 4 is 12.2 Å². The standard InChI is InChI=1S/C10H17NO3/c1-7(14-3)9-8(5-4-6-12)11(2)10(9)13/h6-9H,4-5H2,1-3H3/t7-,8-,9-/m1/s1. The first-order chi connectivity index (χ1) is 6.63. The number of ether oxygens (including phenoxy) is 1. The fourth-order valence-electron chi connectivity index (χ4n) is 1.99. The molecule has 1 rings (SSSR count). The van der Waals surface area contributed by atoms with Crippen LogP contribution in [0.15, 0.2) is 0 Å². The third-order valence-electron chi connectivity index (χ3n) is 3.00. The minimum absolute atomic E-state index is 0.0599. The zero-order chi connectivity index (χ0) is 10.7. The summed E-state index contributed by atoms with van der Waals surface area (Å²) in [6.07, 6.45) is 2.08. The largest absolute Gasteiger partial charge is 0.381 e. The molecule has 3 atom stereocenters. The highest BCUT2D eigenvalue weighted by Gasteiger charge is 2.47. The molecule has 0 bridgehead atoms. The summed E-state index contributed by atoms with van der Waals surface area (Å²) in [6.45, 7) is 1.89. The van der Waals surface area contributed by atoms with Crippen LogP contribution in [-0.4, -0.2) is 43.4 Å². The van der Waals surface area contributed by atoms with E-state index in [-0.39, 0.29) is 24.0 Å². The van der Waals surface area contributed by atoms with E-state index in [1.807, 2.05) is 6.92 Å². The average Bonchev–Trinajstić information content (AvgIpc) is 2.21. The van der Waals surface area contributed by atoms with Crippen LogP contribution in [0.25, 0.3) is 0 Å². The summed E-state index contributed by atoms with van der Waals surface area (Å²) in [4.78, 5) is 23.4. The van der Waals surface area contributed by atoms with Gasteiger partial charge in [0.1, 0.15) is 6.29 Å². The number of β-lactam (4-membered cyclic amide) rings is 1. The molecule has 0 aliphatic carbocycles. The Kier molecular flexibility index (Phi) is 3.63. The molecule has 0 unspecified atom stereocenters. The fourth-order valence-corrected chi connectivity index (χ4v) is 1.99. The molecule has 0 radical (unpaired) electrons. The molecule has 1 fully saturated rings. The molecule has 1 aliphatic rings. The highest BCUT2D eigenvalue weighted by molar-refractivity contribution is 5.86. The summed E-state index contributed by atoms with van der Waals surface area (Å²) in [7, 11) is 3.38. The second kappa shape index (κ2) is 4.55. The highest BCUT2D eigenvalue weighted by atomic mass is 16.5. The van der Waals surface area contributed by atoms with Gasteiger partial charge in [0.05, 0.1) is 12.0 Å². The summed E-state index contributed by atoms with van der Waals surface area (Å²) in [6, 6.07) is 0.169. The first-order valence-corrected chi connectivity index (χ1v) is 4.86. The number of hydrogen-bond donors (Lipinski definition) is 0. The molecular formula is C10H17NO3. The zero-order valence-electron chi connectivity index (χ0n) is 8.90. The van der Waals surface area contributed by atoms with E-state index < -0.39 is 0 Å². The SMILES string of the molecule is CO[C@H](C)[C@H]1C(=O)N(C)[C@@H]1CCC=O. The van der Waals surface area contributed by atoms with E-state index >= 15 is 0 Å². The van der Waals surface area contributed by atoms with E-state index in [0.29, 0.717) is 6.42 Å². The number of hydrogen-bond acceptors (Lipinski definition) is 3. The molecule has 0 aromatic carbocycles. The average molecular weight is 199 g/mol. The minimum atomic E-state index is -0.0649. The monoisotopic (exact) mass is 199 g/mol. The van der Waals surface area contributed by atoms with Crippen LogP contribution in [0.3, 0.4) is 0 Å². The second-order valence-corrected chi connectivity index (χ2v) is 3.73. The Morgan fingerprint density at radius 1 is 1.64 bits per heavy atom. The fraction of sp³-hybridized carbons (Fsp3) is 0.800. The third-order valence-corrected chi connectivity index (χ3v) is 3.00. The number of aldehydes is 1. The van der Waals surface area contributed by atoms with E-state index in [0.717, 1.165) is 12.7 Å². The van der Waals surface area contributed by atoms with Crippen LogP contribution in [0.5, 0.6) is 0 Å². The molecule has 80 valence electrons. The zero-order valence-corrected chi connectivity index (χ0v) is 8.90. The van der Waals surface area contributed by atoms with Crippen molar-refractivity contribution in [2.45, 2.75) is 31.9 Å². The van der Waals surface area contributed by atoms with E-state index in [1.165, 1.54) is 0 Å². The second-order valence-electron chi connectivity index (χ2n) is 3.73. The normalized spacial score (nSPS) is 28.5. The molecular weight excluding hydrogens is 182 g/mol. The Hall–Kier alpha value is -0.900. The Morgan fingerprint density at radius 3 is 2.79 bits per heavy atom. The summed E-state index contributed by atoms with van der Waals surface area (Å²) in [5.74, 6) is 0.0557. The van der Waals surface area contributed by atoms with Gasteiger partial charge in [-0.25, -0.2) is 0 Å². The van der Waals surface area contributed by atoms with Gasteiger partial charge in [0.15, 0.2) is 0 Å². The molecule has 0 aromatic rings. The van der Waals surface area contributed by atoms with Crippen LogP contribution >= 0.6 is 0 Å². The van der Waals surface area contributed by atoms with Crippen LogP contribution in [0, 0.1) is 5.92 Å². The van der Waals surface area contributed by atoms with E-state index in [9.17, 15) is 9.59 Å². The van der Waals surface area contributed by atoms with Gasteiger partial charge in [-0.2, -0.15) is 0 Å². The number of likely N-dealkylation sites (tertiary alicyclic amines) is 1. The van der Waals surface area contributed by atoms with Crippen molar-refractivity contribution in [2.24, 2.45) is 5.92 Å². The van der Waals surface area contributed by atoms with Crippen LogP contribution in [0.4, 0.5) is 0 Å². The lowest BCUT2D eigenvalue weighted by Gasteiger charge is -2.47. The maximum atomic E-state index is 11.5. The molecule has 0 saturated carbocycles. The van der Waals surface area contributed by atoms with Crippen molar-refractivity contribution in [3.63, 3.8) is 0 Å². The number of methoxy groups -OCH3 is 1. The van der Waals surface area contributed by atoms with Crippen LogP contribution in [-0.2, 0) is 14.3 Å². The molecule has 1 aliphatic heterocycles. The van der Waals surface area contributed by atoms with Crippen molar-refractivity contribution in [1.82, 2.24) is 4.90 Å². The van der Waals surface area contributed by atoms with Gasteiger partial charge in [0.2, 0.25) is 5.91 Å². The topological polar surface area (TPSA) is 46.6 Å². The van der Waals surface area contributed by atoms with Gasteiger partial charge in [-0.3, -0.25) is 4.79 Å². The number of rotatable bonds is 5. The van der Waals surface area contributed by atoms with Gasteiger partial charge in [0.25, 0.3) is 0 Å². The first kappa shape index (κ1) is 11.2. The van der Waals surface area contributed by atoms with Crippen molar-refractivity contribution in [3.05, 3.63) is 0 Å². The van der Waals surface area contributed by atoms with Gasteiger partial charge in [-0.1, -0.05) is 0 Å². The summed E-state index contributed by atoms with van der Waals surface area (Å²) in [5, 5.41) is 0. The lowest BCUT2D eigenvalue weighted by molar-refractivity contribution is -0.163. The Morgan fingerprint density at radius 2 is 2.29 bits per heavy atom. The summed E-state index contributed by atoms with van der Waals surface area (Å²) < 4.78 is 5.15. The van der Waals surface area contributed by atoms with Crippen molar-refractivity contribution in [2.75, 3.05) is 14.2 Å². The van der Waals surface area contributed by atoms with Crippen LogP contribution < -0.4 is 0 Å². The van der Waals surface area contributed by atoms with Gasteiger partial charge < -0.3 is 14.4 Å². The Bertz CT molecular complexity index is 229. The maximum absolute atomic E-state index is 11.5. The lowest BCUT2D eigenvalue weighted by Crippen LogP contribution is -2.62. The number of carbonyl (C=O) groups excluding carboxylic acids is 2. The number of carbonyl (C=O) groups is 2. The van der Waals surface area contributed by atoms with Gasteiger partial charge in [-0.05, 0) is 13.3 Å². The summed E-state index contributed by atoms with van der Waals surface area (Å²) >= 11 is 0. The van der Waals surface area contributed by atoms with E-state index in [1.54, 1.807) is 19.1 Å². The van der Waals surface area contributed by atoms with Gasteiger partial charge >= 0.3 is 0 Å². The highest BCUT2D eigenvalue weighted by Crippen LogP contribution is 2.31. The maximum Gasteiger partial charge on any atom is 0.230 e. The molecule has 14 heavy (non-hydrogen) atoms. The smallest absolute Gasteiger partial charge is 0.230 e. The first-order valence-electron chi connectivity index (χ1n) is 4.86. The van der Waals surface area contributed by atoms with Crippen molar-refractivity contribution in [1.29, 1.82) is 0 Å². The molecule has 0 N–H and O–H groups in total. The Labute approximate surface area is 84.2 Å². The van der Waals surface area contributed by atoms with Crippen molar-refractivity contribution < 1.29 is 14.3 Å². The quantitative estimate of drug-likeness (QED) is 0.477. The number of amides is 1. The van der Waals surface area contributed by atoms with Crippen LogP contribution in [0.1, 0.15) is 19.8 Å². The molecule has 4 nitrogen and oxygen atoms in total.